The van der Waals surface area contributed by atoms with Crippen molar-refractivity contribution in [3.63, 3.8) is 0 Å². The summed E-state index contributed by atoms with van der Waals surface area (Å²) >= 11 is 1.60. The van der Waals surface area contributed by atoms with Crippen LogP contribution in [0, 0.1) is 5.41 Å². The second-order valence-electron chi connectivity index (χ2n) is 6.57. The number of halogens is 1. The van der Waals surface area contributed by atoms with Gasteiger partial charge in [0.05, 0.1) is 6.61 Å². The summed E-state index contributed by atoms with van der Waals surface area (Å²) in [6, 6.07) is -0.0811. The van der Waals surface area contributed by atoms with Crippen LogP contribution >= 0.6 is 23.7 Å². The Morgan fingerprint density at radius 2 is 2.33 bits per heavy atom. The number of carbonyl (C=O) groups excluding carboxylic acids is 1. The molecule has 1 atom stereocenters. The highest BCUT2D eigenvalue weighted by atomic mass is 35.5. The summed E-state index contributed by atoms with van der Waals surface area (Å²) in [5.74, 6) is 0.131. The summed E-state index contributed by atoms with van der Waals surface area (Å²) in [7, 11) is 1.74. The van der Waals surface area contributed by atoms with E-state index in [9.17, 15) is 4.79 Å². The molecule has 0 aliphatic carbocycles. The molecule has 8 heteroatoms. The van der Waals surface area contributed by atoms with Crippen molar-refractivity contribution in [2.45, 2.75) is 31.7 Å². The van der Waals surface area contributed by atoms with Gasteiger partial charge in [-0.2, -0.15) is 0 Å². The Bertz CT molecular complexity index is 503. The maximum Gasteiger partial charge on any atom is 0.242 e. The Balaban J connectivity index is 0.00000208. The number of carbonyl (C=O) groups is 1. The molecule has 1 aromatic heterocycles. The molecule has 0 aromatic carbocycles. The van der Waals surface area contributed by atoms with Crippen molar-refractivity contribution in [1.29, 1.82) is 0 Å². The maximum absolute atomic E-state index is 12.7. The molecule has 3 rings (SSSR count). The van der Waals surface area contributed by atoms with Crippen LogP contribution in [0.5, 0.6) is 0 Å². The number of amides is 1. The van der Waals surface area contributed by atoms with E-state index < -0.39 is 0 Å². The van der Waals surface area contributed by atoms with E-state index in [0.29, 0.717) is 13.2 Å². The van der Waals surface area contributed by atoms with Gasteiger partial charge in [-0.3, -0.25) is 4.79 Å². The molecular weight excluding hydrogens is 348 g/mol. The lowest BCUT2D eigenvalue weighted by Gasteiger charge is -2.37. The number of piperidine rings is 1. The monoisotopic (exact) mass is 374 g/mol. The zero-order valence-electron chi connectivity index (χ0n) is 14.1. The van der Waals surface area contributed by atoms with Crippen LogP contribution in [-0.2, 0) is 9.53 Å². The summed E-state index contributed by atoms with van der Waals surface area (Å²) in [5.41, 5.74) is 0.0697. The SMILES string of the molecule is COCC1(CNC(=O)C2CCCN2c2nccs2)CCNCC1.Cl. The number of rotatable bonds is 6. The molecule has 3 heterocycles. The fourth-order valence-corrected chi connectivity index (χ4v) is 4.37. The lowest BCUT2D eigenvalue weighted by molar-refractivity contribution is -0.123. The largest absolute Gasteiger partial charge is 0.384 e. The Labute approximate surface area is 153 Å². The lowest BCUT2D eigenvalue weighted by Crippen LogP contribution is -2.51. The van der Waals surface area contributed by atoms with Crippen molar-refractivity contribution in [2.75, 3.05) is 44.8 Å². The molecule has 2 saturated heterocycles. The topological polar surface area (TPSA) is 66.5 Å². The fraction of sp³-hybridized carbons (Fsp3) is 0.750. The van der Waals surface area contributed by atoms with E-state index in [1.807, 2.05) is 5.38 Å². The first-order chi connectivity index (χ1) is 11.2. The number of methoxy groups -OCH3 is 1. The number of aromatic nitrogens is 1. The highest BCUT2D eigenvalue weighted by Gasteiger charge is 2.36. The van der Waals surface area contributed by atoms with Gasteiger partial charge in [-0.1, -0.05) is 0 Å². The molecule has 136 valence electrons. The molecule has 0 radical (unpaired) electrons. The van der Waals surface area contributed by atoms with Gasteiger partial charge in [-0.05, 0) is 38.8 Å². The number of hydrogen-bond donors (Lipinski definition) is 2. The lowest BCUT2D eigenvalue weighted by atomic mass is 9.79. The summed E-state index contributed by atoms with van der Waals surface area (Å²) in [4.78, 5) is 19.2. The predicted molar refractivity (Wildman–Crippen MR) is 99.2 cm³/mol. The smallest absolute Gasteiger partial charge is 0.242 e. The minimum Gasteiger partial charge on any atom is -0.384 e. The Hall–Kier alpha value is -0.890. The summed E-state index contributed by atoms with van der Waals surface area (Å²) in [6.45, 7) is 4.31. The van der Waals surface area contributed by atoms with Gasteiger partial charge in [0.15, 0.2) is 5.13 Å². The molecule has 2 aliphatic heterocycles. The van der Waals surface area contributed by atoms with Crippen molar-refractivity contribution in [3.8, 4) is 0 Å². The van der Waals surface area contributed by atoms with Gasteiger partial charge in [0.1, 0.15) is 6.04 Å². The van der Waals surface area contributed by atoms with Gasteiger partial charge in [0, 0.05) is 37.2 Å². The van der Waals surface area contributed by atoms with E-state index in [-0.39, 0.29) is 29.8 Å². The number of thiazole rings is 1. The van der Waals surface area contributed by atoms with Crippen LogP contribution in [0.2, 0.25) is 0 Å². The first-order valence-corrected chi connectivity index (χ1v) is 9.26. The van der Waals surface area contributed by atoms with E-state index in [1.54, 1.807) is 24.6 Å². The van der Waals surface area contributed by atoms with Crippen LogP contribution in [-0.4, -0.2) is 56.8 Å². The second-order valence-corrected chi connectivity index (χ2v) is 7.44. The number of anilines is 1. The molecule has 1 aromatic rings. The van der Waals surface area contributed by atoms with Gasteiger partial charge in [-0.25, -0.2) is 4.98 Å². The van der Waals surface area contributed by atoms with Crippen molar-refractivity contribution in [3.05, 3.63) is 11.6 Å². The van der Waals surface area contributed by atoms with Crippen LogP contribution in [0.4, 0.5) is 5.13 Å². The third kappa shape index (κ3) is 4.39. The molecule has 2 fully saturated rings. The zero-order chi connectivity index (χ0) is 16.1. The molecule has 0 bridgehead atoms. The van der Waals surface area contributed by atoms with Crippen LogP contribution in [0.15, 0.2) is 11.6 Å². The molecule has 0 spiro atoms. The summed E-state index contributed by atoms with van der Waals surface area (Å²) < 4.78 is 5.42. The van der Waals surface area contributed by atoms with Gasteiger partial charge < -0.3 is 20.3 Å². The maximum atomic E-state index is 12.7. The normalized spacial score (nSPS) is 22.9. The number of nitrogens with one attached hydrogen (secondary N) is 2. The van der Waals surface area contributed by atoms with E-state index >= 15 is 0 Å². The van der Waals surface area contributed by atoms with Crippen LogP contribution in [0.3, 0.4) is 0 Å². The van der Waals surface area contributed by atoms with E-state index in [2.05, 4.69) is 20.5 Å². The third-order valence-corrected chi connectivity index (χ3v) is 5.78. The molecule has 6 nitrogen and oxygen atoms in total. The Kier molecular flexibility index (Phi) is 7.28. The van der Waals surface area contributed by atoms with Gasteiger partial charge in [-0.15, -0.1) is 23.7 Å². The minimum atomic E-state index is -0.0811. The van der Waals surface area contributed by atoms with Crippen molar-refractivity contribution < 1.29 is 9.53 Å². The quantitative estimate of drug-likeness (QED) is 0.792. The van der Waals surface area contributed by atoms with E-state index in [0.717, 1.165) is 50.4 Å². The molecule has 1 amide bonds. The Morgan fingerprint density at radius 3 is 3.00 bits per heavy atom. The van der Waals surface area contributed by atoms with Crippen molar-refractivity contribution in [1.82, 2.24) is 15.6 Å². The Morgan fingerprint density at radius 1 is 1.54 bits per heavy atom. The number of ether oxygens (including phenoxy) is 1. The average Bonchev–Trinajstić information content (AvgIpc) is 3.24. The summed E-state index contributed by atoms with van der Waals surface area (Å²) in [6.07, 6.45) is 5.84. The molecular formula is C16H27ClN4O2S. The van der Waals surface area contributed by atoms with Crippen LogP contribution in [0.25, 0.3) is 0 Å². The highest BCUT2D eigenvalue weighted by molar-refractivity contribution is 7.13. The first kappa shape index (κ1) is 19.4. The predicted octanol–water partition coefficient (Wildman–Crippen LogP) is 1.67. The molecule has 24 heavy (non-hydrogen) atoms. The minimum absolute atomic E-state index is 0. The van der Waals surface area contributed by atoms with Gasteiger partial charge in [0.25, 0.3) is 0 Å². The molecule has 2 N–H and O–H groups in total. The number of hydrogen-bond acceptors (Lipinski definition) is 6. The van der Waals surface area contributed by atoms with Gasteiger partial charge >= 0.3 is 0 Å². The van der Waals surface area contributed by atoms with Crippen molar-refractivity contribution >= 4 is 34.8 Å². The highest BCUT2D eigenvalue weighted by Crippen LogP contribution is 2.30. The molecule has 0 saturated carbocycles. The third-order valence-electron chi connectivity index (χ3n) is 4.97. The zero-order valence-corrected chi connectivity index (χ0v) is 15.8. The van der Waals surface area contributed by atoms with E-state index in [1.165, 1.54) is 0 Å². The van der Waals surface area contributed by atoms with E-state index in [4.69, 9.17) is 4.74 Å². The molecule has 2 aliphatic rings. The first-order valence-electron chi connectivity index (χ1n) is 8.38. The van der Waals surface area contributed by atoms with Crippen molar-refractivity contribution in [2.24, 2.45) is 5.41 Å². The number of nitrogens with zero attached hydrogens (tertiary/aromatic N) is 2. The molecule has 1 unspecified atom stereocenters. The fourth-order valence-electron chi connectivity index (χ4n) is 3.65. The summed E-state index contributed by atoms with van der Waals surface area (Å²) in [5, 5.41) is 9.50. The average molecular weight is 375 g/mol. The van der Waals surface area contributed by atoms with Crippen LogP contribution in [0.1, 0.15) is 25.7 Å². The second kappa shape index (κ2) is 8.99. The van der Waals surface area contributed by atoms with Crippen LogP contribution < -0.4 is 15.5 Å². The standard InChI is InChI=1S/C16H26N4O2S.ClH/c1-22-12-16(4-6-17-7-5-16)11-19-14(21)13-3-2-9-20(13)15-18-8-10-23-15;/h8,10,13,17H,2-7,9,11-12H2,1H3,(H,19,21);1H. The van der Waals surface area contributed by atoms with Gasteiger partial charge in [0.2, 0.25) is 5.91 Å².